The summed E-state index contributed by atoms with van der Waals surface area (Å²) in [4.78, 5) is 10.8. The number of ether oxygens (including phenoxy) is 2. The topological polar surface area (TPSA) is 97.6 Å². The van der Waals surface area contributed by atoms with E-state index in [1.807, 2.05) is 23.6 Å². The second kappa shape index (κ2) is 8.17. The Morgan fingerprint density at radius 3 is 2.63 bits per heavy atom. The standard InChI is InChI=1S/C12H20N4O3/c1-18-10-6-5-9(8-11(10)19-2)4-3-7-14-16-12(17)15-13/h5-6,8,14H,3-4,7,13H2,1-2H3,(H2,15,16,17). The third kappa shape index (κ3) is 5.02. The Bertz CT molecular complexity index is 412. The van der Waals surface area contributed by atoms with Gasteiger partial charge in [0.25, 0.3) is 0 Å². The van der Waals surface area contributed by atoms with E-state index >= 15 is 0 Å². The van der Waals surface area contributed by atoms with Crippen molar-refractivity contribution >= 4 is 6.03 Å². The van der Waals surface area contributed by atoms with Gasteiger partial charge in [-0.05, 0) is 30.5 Å². The zero-order chi connectivity index (χ0) is 14.1. The summed E-state index contributed by atoms with van der Waals surface area (Å²) in [6, 6.07) is 5.34. The summed E-state index contributed by atoms with van der Waals surface area (Å²) in [5, 5.41) is 0. The molecule has 2 amide bonds. The lowest BCUT2D eigenvalue weighted by atomic mass is 10.1. The molecule has 0 saturated heterocycles. The molecule has 0 aromatic heterocycles. The molecule has 0 atom stereocenters. The second-order valence-corrected chi connectivity index (χ2v) is 3.82. The van der Waals surface area contributed by atoms with Gasteiger partial charge >= 0.3 is 6.03 Å². The van der Waals surface area contributed by atoms with Crippen LogP contribution in [-0.2, 0) is 6.42 Å². The van der Waals surface area contributed by atoms with Gasteiger partial charge in [0.2, 0.25) is 0 Å². The van der Waals surface area contributed by atoms with Gasteiger partial charge in [0.05, 0.1) is 14.2 Å². The molecule has 0 unspecified atom stereocenters. The highest BCUT2D eigenvalue weighted by molar-refractivity contribution is 5.72. The van der Waals surface area contributed by atoms with Crippen LogP contribution in [0, 0.1) is 0 Å². The number of methoxy groups -OCH3 is 2. The highest BCUT2D eigenvalue weighted by Crippen LogP contribution is 2.27. The summed E-state index contributed by atoms with van der Waals surface area (Å²) in [6.07, 6.45) is 1.72. The number of amides is 2. The van der Waals surface area contributed by atoms with Crippen LogP contribution in [0.15, 0.2) is 18.2 Å². The molecule has 19 heavy (non-hydrogen) atoms. The highest BCUT2D eigenvalue weighted by atomic mass is 16.5. The number of hydrogen-bond acceptors (Lipinski definition) is 5. The molecule has 0 aliphatic rings. The monoisotopic (exact) mass is 268 g/mol. The highest BCUT2D eigenvalue weighted by Gasteiger charge is 2.04. The Balaban J connectivity index is 2.35. The van der Waals surface area contributed by atoms with Gasteiger partial charge in [0, 0.05) is 6.54 Å². The number of carbonyl (C=O) groups is 1. The van der Waals surface area contributed by atoms with Crippen molar-refractivity contribution in [3.8, 4) is 11.5 Å². The van der Waals surface area contributed by atoms with E-state index in [1.54, 1.807) is 14.2 Å². The van der Waals surface area contributed by atoms with Crippen LogP contribution in [-0.4, -0.2) is 26.8 Å². The fourth-order valence-corrected chi connectivity index (χ4v) is 1.60. The Morgan fingerprint density at radius 1 is 1.26 bits per heavy atom. The number of nitrogens with one attached hydrogen (secondary N) is 3. The maximum atomic E-state index is 10.8. The summed E-state index contributed by atoms with van der Waals surface area (Å²) >= 11 is 0. The molecule has 106 valence electrons. The maximum Gasteiger partial charge on any atom is 0.343 e. The van der Waals surface area contributed by atoms with E-state index in [0.29, 0.717) is 18.0 Å². The number of urea groups is 1. The molecule has 0 fully saturated rings. The Labute approximate surface area is 112 Å². The van der Waals surface area contributed by atoms with Crippen LogP contribution in [0.4, 0.5) is 4.79 Å². The first-order chi connectivity index (χ1) is 9.21. The van der Waals surface area contributed by atoms with Gasteiger partial charge < -0.3 is 9.47 Å². The first-order valence-electron chi connectivity index (χ1n) is 5.91. The molecule has 0 saturated carbocycles. The first kappa shape index (κ1) is 15.1. The van der Waals surface area contributed by atoms with Crippen molar-refractivity contribution in [2.45, 2.75) is 12.8 Å². The van der Waals surface area contributed by atoms with Crippen LogP contribution in [0.2, 0.25) is 0 Å². The zero-order valence-electron chi connectivity index (χ0n) is 11.2. The minimum atomic E-state index is -0.467. The summed E-state index contributed by atoms with van der Waals surface area (Å²) in [5.41, 5.74) is 8.25. The number of hydrazine groups is 2. The molecule has 0 spiro atoms. The van der Waals surface area contributed by atoms with Crippen molar-refractivity contribution in [1.29, 1.82) is 0 Å². The van der Waals surface area contributed by atoms with E-state index in [2.05, 4.69) is 10.9 Å². The van der Waals surface area contributed by atoms with Crippen LogP contribution >= 0.6 is 0 Å². The molecule has 0 bridgehead atoms. The maximum absolute atomic E-state index is 10.8. The Kier molecular flexibility index (Phi) is 6.48. The van der Waals surface area contributed by atoms with Crippen LogP contribution in [0.25, 0.3) is 0 Å². The third-order valence-electron chi connectivity index (χ3n) is 2.55. The van der Waals surface area contributed by atoms with Gasteiger partial charge in [0.15, 0.2) is 11.5 Å². The quantitative estimate of drug-likeness (QED) is 0.247. The number of carbonyl (C=O) groups excluding carboxylic acids is 1. The fraction of sp³-hybridized carbons (Fsp3) is 0.417. The summed E-state index contributed by atoms with van der Waals surface area (Å²) in [7, 11) is 3.22. The number of hydrogen-bond donors (Lipinski definition) is 4. The second-order valence-electron chi connectivity index (χ2n) is 3.82. The molecule has 1 rings (SSSR count). The van der Waals surface area contributed by atoms with E-state index in [4.69, 9.17) is 15.3 Å². The average Bonchev–Trinajstić information content (AvgIpc) is 2.46. The number of benzene rings is 1. The smallest absolute Gasteiger partial charge is 0.343 e. The largest absolute Gasteiger partial charge is 0.493 e. The summed E-state index contributed by atoms with van der Waals surface area (Å²) in [5.74, 6) is 6.34. The van der Waals surface area contributed by atoms with Crippen LogP contribution in [0.5, 0.6) is 11.5 Å². The molecule has 5 N–H and O–H groups in total. The Morgan fingerprint density at radius 2 is 2.00 bits per heavy atom. The summed E-state index contributed by atoms with van der Waals surface area (Å²) < 4.78 is 10.4. The minimum absolute atomic E-state index is 0.467. The van der Waals surface area contributed by atoms with E-state index in [9.17, 15) is 4.79 Å². The number of nitrogens with two attached hydrogens (primary N) is 1. The minimum Gasteiger partial charge on any atom is -0.493 e. The number of aryl methyl sites for hydroxylation is 1. The molecular weight excluding hydrogens is 248 g/mol. The van der Waals surface area contributed by atoms with Crippen molar-refractivity contribution in [2.24, 2.45) is 5.84 Å². The lowest BCUT2D eigenvalue weighted by Gasteiger charge is -2.10. The van der Waals surface area contributed by atoms with Gasteiger partial charge in [-0.15, -0.1) is 0 Å². The molecule has 1 aromatic rings. The van der Waals surface area contributed by atoms with Crippen molar-refractivity contribution in [3.05, 3.63) is 23.8 Å². The molecule has 1 aromatic carbocycles. The van der Waals surface area contributed by atoms with Gasteiger partial charge in [0.1, 0.15) is 0 Å². The molecule has 0 heterocycles. The van der Waals surface area contributed by atoms with Gasteiger partial charge in [-0.2, -0.15) is 0 Å². The first-order valence-corrected chi connectivity index (χ1v) is 5.91. The normalized spacial score (nSPS) is 9.84. The molecule has 7 nitrogen and oxygen atoms in total. The number of rotatable bonds is 7. The predicted octanol–water partition coefficient (Wildman–Crippen LogP) is 0.314. The lowest BCUT2D eigenvalue weighted by Crippen LogP contribution is -2.47. The molecule has 0 aliphatic carbocycles. The average molecular weight is 268 g/mol. The summed E-state index contributed by atoms with van der Waals surface area (Å²) in [6.45, 7) is 0.641. The van der Waals surface area contributed by atoms with Crippen molar-refractivity contribution in [2.75, 3.05) is 20.8 Å². The molecule has 0 aliphatic heterocycles. The lowest BCUT2D eigenvalue weighted by molar-refractivity contribution is 0.236. The van der Waals surface area contributed by atoms with E-state index in [-0.39, 0.29) is 0 Å². The fourth-order valence-electron chi connectivity index (χ4n) is 1.60. The zero-order valence-corrected chi connectivity index (χ0v) is 11.2. The van der Waals surface area contributed by atoms with Crippen molar-refractivity contribution in [3.63, 3.8) is 0 Å². The van der Waals surface area contributed by atoms with Crippen LogP contribution in [0.1, 0.15) is 12.0 Å². The van der Waals surface area contributed by atoms with Crippen LogP contribution < -0.4 is 31.6 Å². The Hall–Kier alpha value is -1.99. The third-order valence-corrected chi connectivity index (χ3v) is 2.55. The van der Waals surface area contributed by atoms with E-state index in [1.165, 1.54) is 0 Å². The predicted molar refractivity (Wildman–Crippen MR) is 71.7 cm³/mol. The molecule has 7 heteroatoms. The van der Waals surface area contributed by atoms with Gasteiger partial charge in [-0.1, -0.05) is 6.07 Å². The molecular formula is C12H20N4O3. The SMILES string of the molecule is COc1ccc(CCCNNC(=O)NN)cc1OC. The van der Waals surface area contributed by atoms with Gasteiger partial charge in [-0.3, -0.25) is 10.9 Å². The molecule has 0 radical (unpaired) electrons. The van der Waals surface area contributed by atoms with E-state index < -0.39 is 6.03 Å². The van der Waals surface area contributed by atoms with Crippen molar-refractivity contribution in [1.82, 2.24) is 16.3 Å². The van der Waals surface area contributed by atoms with Crippen molar-refractivity contribution < 1.29 is 14.3 Å². The van der Waals surface area contributed by atoms with Gasteiger partial charge in [-0.25, -0.2) is 16.1 Å². The van der Waals surface area contributed by atoms with Crippen LogP contribution in [0.3, 0.4) is 0 Å². The van der Waals surface area contributed by atoms with E-state index in [0.717, 1.165) is 18.4 Å².